The monoisotopic (exact) mass is 221 g/mol. The molecule has 0 radical (unpaired) electrons. The minimum atomic E-state index is 0.273. The van der Waals surface area contributed by atoms with Gasteiger partial charge in [-0.2, -0.15) is 0 Å². The second-order valence-corrected chi connectivity index (χ2v) is 5.99. The van der Waals surface area contributed by atoms with E-state index >= 15 is 0 Å². The standard InChI is InChI=1S/C13H23N3/c1-10(13(2,3)4)16-9-14-7-12(16)8-15-11-5-6-11/h7,9-11,15H,5-6,8H2,1-4H3. The summed E-state index contributed by atoms with van der Waals surface area (Å²) in [4.78, 5) is 4.28. The van der Waals surface area contributed by atoms with Crippen LogP contribution in [0.3, 0.4) is 0 Å². The van der Waals surface area contributed by atoms with Gasteiger partial charge in [0.05, 0.1) is 12.0 Å². The number of nitrogens with zero attached hydrogens (tertiary/aromatic N) is 2. The summed E-state index contributed by atoms with van der Waals surface area (Å²) < 4.78 is 2.30. The Labute approximate surface area is 98.3 Å². The van der Waals surface area contributed by atoms with E-state index in [0.29, 0.717) is 6.04 Å². The lowest BCUT2D eigenvalue weighted by atomic mass is 9.88. The molecule has 0 amide bonds. The Balaban J connectivity index is 2.05. The van der Waals surface area contributed by atoms with Crippen molar-refractivity contribution in [1.29, 1.82) is 0 Å². The van der Waals surface area contributed by atoms with Crippen LogP contribution >= 0.6 is 0 Å². The van der Waals surface area contributed by atoms with E-state index in [1.807, 2.05) is 12.5 Å². The molecule has 1 N–H and O–H groups in total. The van der Waals surface area contributed by atoms with E-state index in [-0.39, 0.29) is 5.41 Å². The Hall–Kier alpha value is -0.830. The summed E-state index contributed by atoms with van der Waals surface area (Å²) in [7, 11) is 0. The molecule has 1 atom stereocenters. The zero-order valence-electron chi connectivity index (χ0n) is 10.8. The number of imidazole rings is 1. The summed E-state index contributed by atoms with van der Waals surface area (Å²) in [5, 5.41) is 3.54. The Morgan fingerprint density at radius 1 is 1.50 bits per heavy atom. The molecule has 2 rings (SSSR count). The molecule has 1 aliphatic rings. The minimum absolute atomic E-state index is 0.273. The number of hydrogen-bond donors (Lipinski definition) is 1. The van der Waals surface area contributed by atoms with Crippen molar-refractivity contribution in [2.24, 2.45) is 5.41 Å². The molecule has 1 unspecified atom stereocenters. The summed E-state index contributed by atoms with van der Waals surface area (Å²) in [6, 6.07) is 1.24. The SMILES string of the molecule is CC(n1cncc1CNC1CC1)C(C)(C)C. The summed E-state index contributed by atoms with van der Waals surface area (Å²) >= 11 is 0. The average Bonchev–Trinajstić information content (AvgIpc) is 2.91. The quantitative estimate of drug-likeness (QED) is 0.847. The molecule has 1 aromatic rings. The Bertz CT molecular complexity index is 344. The van der Waals surface area contributed by atoms with Crippen molar-refractivity contribution in [2.75, 3.05) is 0 Å². The second-order valence-electron chi connectivity index (χ2n) is 5.99. The van der Waals surface area contributed by atoms with Crippen LogP contribution in [0.5, 0.6) is 0 Å². The van der Waals surface area contributed by atoms with Crippen LogP contribution < -0.4 is 5.32 Å². The molecule has 16 heavy (non-hydrogen) atoms. The van der Waals surface area contributed by atoms with Crippen LogP contribution in [0.15, 0.2) is 12.5 Å². The highest BCUT2D eigenvalue weighted by Crippen LogP contribution is 2.30. The molecule has 0 spiro atoms. The van der Waals surface area contributed by atoms with E-state index in [4.69, 9.17) is 0 Å². The first-order valence-corrected chi connectivity index (χ1v) is 6.22. The summed E-state index contributed by atoms with van der Waals surface area (Å²) in [5.74, 6) is 0. The summed E-state index contributed by atoms with van der Waals surface area (Å²) in [6.07, 6.45) is 6.61. The molecule has 3 heteroatoms. The number of nitrogens with one attached hydrogen (secondary N) is 1. The molecule has 90 valence electrons. The summed E-state index contributed by atoms with van der Waals surface area (Å²) in [5.41, 5.74) is 1.57. The molecule has 0 aliphatic heterocycles. The highest BCUT2D eigenvalue weighted by atomic mass is 15.1. The lowest BCUT2D eigenvalue weighted by Gasteiger charge is -2.29. The Morgan fingerprint density at radius 3 is 2.75 bits per heavy atom. The Morgan fingerprint density at radius 2 is 2.19 bits per heavy atom. The molecule has 1 fully saturated rings. The van der Waals surface area contributed by atoms with Crippen molar-refractivity contribution >= 4 is 0 Å². The van der Waals surface area contributed by atoms with Crippen LogP contribution in [-0.2, 0) is 6.54 Å². The smallest absolute Gasteiger partial charge is 0.0951 e. The van der Waals surface area contributed by atoms with Gasteiger partial charge in [0.1, 0.15) is 0 Å². The van der Waals surface area contributed by atoms with Crippen LogP contribution in [0, 0.1) is 5.41 Å². The van der Waals surface area contributed by atoms with Crippen molar-refractivity contribution < 1.29 is 0 Å². The molecule has 0 aromatic carbocycles. The highest BCUT2D eigenvalue weighted by molar-refractivity contribution is 5.02. The largest absolute Gasteiger partial charge is 0.330 e. The van der Waals surface area contributed by atoms with Crippen LogP contribution in [0.1, 0.15) is 52.3 Å². The van der Waals surface area contributed by atoms with E-state index < -0.39 is 0 Å². The van der Waals surface area contributed by atoms with Gasteiger partial charge < -0.3 is 9.88 Å². The predicted octanol–water partition coefficient (Wildman–Crippen LogP) is 2.74. The Kier molecular flexibility index (Phi) is 3.06. The third kappa shape index (κ3) is 2.64. The first-order chi connectivity index (χ1) is 7.48. The molecule has 1 aromatic heterocycles. The van der Waals surface area contributed by atoms with Gasteiger partial charge in [-0.25, -0.2) is 4.98 Å². The van der Waals surface area contributed by atoms with Crippen molar-refractivity contribution in [3.05, 3.63) is 18.2 Å². The first-order valence-electron chi connectivity index (χ1n) is 6.22. The van der Waals surface area contributed by atoms with Crippen molar-refractivity contribution in [3.8, 4) is 0 Å². The van der Waals surface area contributed by atoms with E-state index in [1.54, 1.807) is 0 Å². The van der Waals surface area contributed by atoms with Gasteiger partial charge in [-0.3, -0.25) is 0 Å². The van der Waals surface area contributed by atoms with Crippen molar-refractivity contribution in [3.63, 3.8) is 0 Å². The number of aromatic nitrogens is 2. The van der Waals surface area contributed by atoms with Crippen molar-refractivity contribution in [1.82, 2.24) is 14.9 Å². The third-order valence-electron chi connectivity index (χ3n) is 3.57. The molecule has 1 heterocycles. The van der Waals surface area contributed by atoms with E-state index in [0.717, 1.165) is 12.6 Å². The fraction of sp³-hybridized carbons (Fsp3) is 0.769. The van der Waals surface area contributed by atoms with Crippen molar-refractivity contribution in [2.45, 2.75) is 59.2 Å². The van der Waals surface area contributed by atoms with Crippen LogP contribution in [0.25, 0.3) is 0 Å². The maximum Gasteiger partial charge on any atom is 0.0951 e. The van der Waals surface area contributed by atoms with E-state index in [1.165, 1.54) is 18.5 Å². The van der Waals surface area contributed by atoms with Gasteiger partial charge in [0.2, 0.25) is 0 Å². The molecule has 0 bridgehead atoms. The zero-order chi connectivity index (χ0) is 11.8. The maximum atomic E-state index is 4.28. The molecular formula is C13H23N3. The fourth-order valence-corrected chi connectivity index (χ4v) is 1.77. The number of hydrogen-bond acceptors (Lipinski definition) is 2. The van der Waals surface area contributed by atoms with Gasteiger partial charge in [0.15, 0.2) is 0 Å². The van der Waals surface area contributed by atoms with Gasteiger partial charge in [0, 0.05) is 24.8 Å². The average molecular weight is 221 g/mol. The minimum Gasteiger partial charge on any atom is -0.330 e. The molecule has 0 saturated heterocycles. The first kappa shape index (κ1) is 11.6. The molecular weight excluding hydrogens is 198 g/mol. The van der Waals surface area contributed by atoms with E-state index in [9.17, 15) is 0 Å². The van der Waals surface area contributed by atoms with Gasteiger partial charge in [-0.1, -0.05) is 20.8 Å². The van der Waals surface area contributed by atoms with Crippen LogP contribution in [0.4, 0.5) is 0 Å². The van der Waals surface area contributed by atoms with E-state index in [2.05, 4.69) is 42.6 Å². The van der Waals surface area contributed by atoms with Gasteiger partial charge in [0.25, 0.3) is 0 Å². The van der Waals surface area contributed by atoms with Gasteiger partial charge >= 0.3 is 0 Å². The number of rotatable bonds is 4. The maximum absolute atomic E-state index is 4.28. The molecule has 3 nitrogen and oxygen atoms in total. The topological polar surface area (TPSA) is 29.9 Å². The lowest BCUT2D eigenvalue weighted by molar-refractivity contribution is 0.257. The summed E-state index contributed by atoms with van der Waals surface area (Å²) in [6.45, 7) is 10.0. The lowest BCUT2D eigenvalue weighted by Crippen LogP contribution is -2.25. The normalized spacial score (nSPS) is 18.8. The third-order valence-corrected chi connectivity index (χ3v) is 3.57. The van der Waals surface area contributed by atoms with Crippen LogP contribution in [-0.4, -0.2) is 15.6 Å². The van der Waals surface area contributed by atoms with Gasteiger partial charge in [-0.05, 0) is 25.2 Å². The predicted molar refractivity (Wildman–Crippen MR) is 66.3 cm³/mol. The fourth-order valence-electron chi connectivity index (χ4n) is 1.77. The zero-order valence-corrected chi connectivity index (χ0v) is 10.8. The highest BCUT2D eigenvalue weighted by Gasteiger charge is 2.24. The van der Waals surface area contributed by atoms with Gasteiger partial charge in [-0.15, -0.1) is 0 Å². The second kappa shape index (κ2) is 4.21. The van der Waals surface area contributed by atoms with Crippen LogP contribution in [0.2, 0.25) is 0 Å². The molecule has 1 aliphatic carbocycles. The molecule has 1 saturated carbocycles.